The molecule has 0 aliphatic heterocycles. The van der Waals surface area contributed by atoms with Gasteiger partial charge in [-0.2, -0.15) is 0 Å². The Morgan fingerprint density at radius 3 is 2.75 bits per heavy atom. The number of carboxylic acid groups (broad SMARTS) is 1. The second-order valence-electron chi connectivity index (χ2n) is 6.94. The average molecular weight is 376 g/mol. The van der Waals surface area contributed by atoms with Crippen molar-refractivity contribution in [3.05, 3.63) is 77.5 Å². The Labute approximate surface area is 161 Å². The lowest BCUT2D eigenvalue weighted by Gasteiger charge is -2.30. The summed E-state index contributed by atoms with van der Waals surface area (Å²) in [6.45, 7) is 0.0788. The molecule has 0 fully saturated rings. The molecule has 1 heterocycles. The standard InChI is InChI=1S/C22H20N2O4/c25-20(26)22(24-21(27)28-14-15-6-2-1-3-7-15)11-5-9-16-8-4-10-18-19(16)17(12-22)13-23-18/h1-10,13,23H,11-12,14H2,(H,24,27)(H,25,26)/b9-5-. The second kappa shape index (κ2) is 7.23. The first kappa shape index (κ1) is 17.9. The van der Waals surface area contributed by atoms with E-state index in [-0.39, 0.29) is 19.4 Å². The minimum absolute atomic E-state index is 0.0788. The van der Waals surface area contributed by atoms with E-state index in [4.69, 9.17) is 4.74 Å². The lowest BCUT2D eigenvalue weighted by Crippen LogP contribution is -2.56. The van der Waals surface area contributed by atoms with E-state index in [2.05, 4.69) is 10.3 Å². The van der Waals surface area contributed by atoms with Gasteiger partial charge in [0.05, 0.1) is 0 Å². The fourth-order valence-corrected chi connectivity index (χ4v) is 3.61. The minimum Gasteiger partial charge on any atom is -0.479 e. The fourth-order valence-electron chi connectivity index (χ4n) is 3.61. The molecule has 0 saturated carbocycles. The lowest BCUT2D eigenvalue weighted by molar-refractivity contribution is -0.144. The summed E-state index contributed by atoms with van der Waals surface area (Å²) in [5.41, 5.74) is 2.17. The molecular weight excluding hydrogens is 356 g/mol. The van der Waals surface area contributed by atoms with Crippen LogP contribution in [0, 0.1) is 0 Å². The van der Waals surface area contributed by atoms with Crippen LogP contribution in [0.25, 0.3) is 17.0 Å². The molecule has 0 bridgehead atoms. The Kier molecular flexibility index (Phi) is 4.61. The van der Waals surface area contributed by atoms with E-state index in [0.717, 1.165) is 27.6 Å². The predicted molar refractivity (Wildman–Crippen MR) is 106 cm³/mol. The highest BCUT2D eigenvalue weighted by atomic mass is 16.5. The predicted octanol–water partition coefficient (Wildman–Crippen LogP) is 3.88. The van der Waals surface area contributed by atoms with E-state index in [9.17, 15) is 14.7 Å². The van der Waals surface area contributed by atoms with E-state index in [1.165, 1.54) is 0 Å². The van der Waals surface area contributed by atoms with E-state index >= 15 is 0 Å². The fraction of sp³-hybridized carbons (Fsp3) is 0.182. The van der Waals surface area contributed by atoms with Crippen molar-refractivity contribution in [2.45, 2.75) is 25.0 Å². The molecular formula is C22H20N2O4. The number of carbonyl (C=O) groups is 2. The van der Waals surface area contributed by atoms with Crippen LogP contribution in [0.2, 0.25) is 0 Å². The third-order valence-corrected chi connectivity index (χ3v) is 5.04. The molecule has 2 aromatic carbocycles. The van der Waals surface area contributed by atoms with Crippen molar-refractivity contribution in [3.8, 4) is 0 Å². The van der Waals surface area contributed by atoms with Crippen LogP contribution in [0.15, 0.2) is 60.8 Å². The summed E-state index contributed by atoms with van der Waals surface area (Å²) in [5, 5.41) is 13.5. The number of amides is 1. The highest BCUT2D eigenvalue weighted by Crippen LogP contribution is 2.31. The van der Waals surface area contributed by atoms with Gasteiger partial charge in [-0.05, 0) is 29.2 Å². The summed E-state index contributed by atoms with van der Waals surface area (Å²) in [6.07, 6.45) is 5.06. The summed E-state index contributed by atoms with van der Waals surface area (Å²) in [4.78, 5) is 27.8. The number of hydrogen-bond acceptors (Lipinski definition) is 3. The van der Waals surface area contributed by atoms with E-state index in [0.29, 0.717) is 0 Å². The van der Waals surface area contributed by atoms with Crippen LogP contribution in [0.1, 0.15) is 23.1 Å². The molecule has 3 aromatic rings. The second-order valence-corrected chi connectivity index (χ2v) is 6.94. The van der Waals surface area contributed by atoms with Crippen molar-refractivity contribution in [1.29, 1.82) is 0 Å². The zero-order valence-electron chi connectivity index (χ0n) is 15.1. The van der Waals surface area contributed by atoms with Gasteiger partial charge in [-0.15, -0.1) is 0 Å². The molecule has 0 spiro atoms. The molecule has 1 unspecified atom stereocenters. The number of benzene rings is 2. The third-order valence-electron chi connectivity index (χ3n) is 5.04. The van der Waals surface area contributed by atoms with Gasteiger partial charge >= 0.3 is 12.1 Å². The van der Waals surface area contributed by atoms with Crippen LogP contribution in [0.4, 0.5) is 4.79 Å². The van der Waals surface area contributed by atoms with E-state index < -0.39 is 17.6 Å². The molecule has 1 aliphatic carbocycles. The molecule has 4 rings (SSSR count). The maximum atomic E-state index is 12.4. The van der Waals surface area contributed by atoms with Crippen molar-refractivity contribution in [3.63, 3.8) is 0 Å². The Morgan fingerprint density at radius 1 is 1.14 bits per heavy atom. The number of hydrogen-bond donors (Lipinski definition) is 3. The third kappa shape index (κ3) is 3.36. The monoisotopic (exact) mass is 376 g/mol. The normalized spacial score (nSPS) is 19.4. The van der Waals surface area contributed by atoms with Crippen LogP contribution >= 0.6 is 0 Å². The molecule has 3 N–H and O–H groups in total. The van der Waals surface area contributed by atoms with Gasteiger partial charge in [0.25, 0.3) is 0 Å². The van der Waals surface area contributed by atoms with Crippen molar-refractivity contribution in [2.75, 3.05) is 0 Å². The molecule has 6 nitrogen and oxygen atoms in total. The van der Waals surface area contributed by atoms with Gasteiger partial charge in [0.15, 0.2) is 0 Å². The number of aliphatic carboxylic acids is 1. The number of nitrogens with one attached hydrogen (secondary N) is 2. The quantitative estimate of drug-likeness (QED) is 0.644. The Balaban J connectivity index is 1.58. The number of H-pyrrole nitrogens is 1. The molecule has 1 amide bonds. The number of rotatable bonds is 4. The first-order valence-electron chi connectivity index (χ1n) is 9.05. The first-order valence-corrected chi connectivity index (χ1v) is 9.05. The first-order chi connectivity index (χ1) is 13.6. The summed E-state index contributed by atoms with van der Waals surface area (Å²) in [6, 6.07) is 15.1. The van der Waals surface area contributed by atoms with Gasteiger partial charge in [-0.25, -0.2) is 9.59 Å². The smallest absolute Gasteiger partial charge is 0.408 e. The summed E-state index contributed by atoms with van der Waals surface area (Å²) < 4.78 is 5.26. The number of alkyl carbamates (subject to hydrolysis) is 1. The molecule has 1 aliphatic rings. The van der Waals surface area contributed by atoms with Crippen molar-refractivity contribution < 1.29 is 19.4 Å². The topological polar surface area (TPSA) is 91.4 Å². The number of carbonyl (C=O) groups excluding carboxylic acids is 1. The van der Waals surface area contributed by atoms with Gasteiger partial charge in [0.2, 0.25) is 0 Å². The Morgan fingerprint density at radius 2 is 1.96 bits per heavy atom. The minimum atomic E-state index is -1.48. The SMILES string of the molecule is O=C(NC1(C(=O)O)C/C=C\c2cccc3[nH]cc(c23)C1)OCc1ccccc1. The molecule has 0 saturated heterocycles. The van der Waals surface area contributed by atoms with Crippen molar-refractivity contribution >= 4 is 29.0 Å². The van der Waals surface area contributed by atoms with Crippen LogP contribution in [-0.2, 0) is 22.6 Å². The number of aromatic amines is 1. The van der Waals surface area contributed by atoms with Gasteiger partial charge in [-0.1, -0.05) is 54.6 Å². The maximum absolute atomic E-state index is 12.4. The van der Waals surface area contributed by atoms with Gasteiger partial charge in [0, 0.05) is 23.5 Å². The maximum Gasteiger partial charge on any atom is 0.408 e. The molecule has 0 radical (unpaired) electrons. The van der Waals surface area contributed by atoms with Crippen LogP contribution in [-0.4, -0.2) is 27.7 Å². The highest BCUT2D eigenvalue weighted by Gasteiger charge is 2.41. The zero-order chi connectivity index (χ0) is 19.6. The van der Waals surface area contributed by atoms with Gasteiger partial charge in [-0.3, -0.25) is 0 Å². The van der Waals surface area contributed by atoms with Gasteiger partial charge < -0.3 is 20.1 Å². The van der Waals surface area contributed by atoms with Crippen LogP contribution in [0.5, 0.6) is 0 Å². The lowest BCUT2D eigenvalue weighted by atomic mass is 9.84. The average Bonchev–Trinajstić information content (AvgIpc) is 3.09. The number of carboxylic acids is 1. The molecule has 28 heavy (non-hydrogen) atoms. The zero-order valence-corrected chi connectivity index (χ0v) is 15.1. The van der Waals surface area contributed by atoms with E-state index in [1.54, 1.807) is 6.08 Å². The van der Waals surface area contributed by atoms with Crippen molar-refractivity contribution in [2.24, 2.45) is 0 Å². The van der Waals surface area contributed by atoms with E-state index in [1.807, 2.05) is 60.8 Å². The summed E-state index contributed by atoms with van der Waals surface area (Å²) in [7, 11) is 0. The van der Waals surface area contributed by atoms with Crippen LogP contribution < -0.4 is 5.32 Å². The molecule has 1 atom stereocenters. The van der Waals surface area contributed by atoms with Crippen LogP contribution in [0.3, 0.4) is 0 Å². The van der Waals surface area contributed by atoms with Crippen molar-refractivity contribution in [1.82, 2.24) is 10.3 Å². The largest absolute Gasteiger partial charge is 0.479 e. The highest BCUT2D eigenvalue weighted by molar-refractivity contribution is 5.94. The summed E-state index contributed by atoms with van der Waals surface area (Å²) in [5.74, 6) is -1.09. The number of ether oxygens (including phenoxy) is 1. The number of aromatic nitrogens is 1. The van der Waals surface area contributed by atoms with Gasteiger partial charge in [0.1, 0.15) is 12.1 Å². The Bertz CT molecular complexity index is 1050. The molecule has 142 valence electrons. The molecule has 6 heteroatoms. The molecule has 1 aromatic heterocycles. The summed E-state index contributed by atoms with van der Waals surface area (Å²) >= 11 is 0. The Hall–Kier alpha value is -3.54.